The Hall–Kier alpha value is -1.99. The van der Waals surface area contributed by atoms with Gasteiger partial charge in [0.05, 0.1) is 0 Å². The van der Waals surface area contributed by atoms with Gasteiger partial charge in [0.2, 0.25) is 17.6 Å². The van der Waals surface area contributed by atoms with E-state index in [1.807, 2.05) is 11.9 Å². The topological polar surface area (TPSA) is 71.3 Å². The van der Waals surface area contributed by atoms with Gasteiger partial charge in [0.15, 0.2) is 0 Å². The van der Waals surface area contributed by atoms with Crippen molar-refractivity contribution in [2.45, 2.75) is 38.6 Å². The number of halogens is 2. The number of aryl methyl sites for hydroxylation is 2. The van der Waals surface area contributed by atoms with E-state index in [4.69, 9.17) is 4.52 Å². The first-order valence-electron chi connectivity index (χ1n) is 8.61. The molecule has 1 N–H and O–H groups in total. The van der Waals surface area contributed by atoms with Crippen molar-refractivity contribution < 1.29 is 13.7 Å². The summed E-state index contributed by atoms with van der Waals surface area (Å²) in [6.07, 6.45) is 2.85. The molecule has 0 aliphatic carbocycles. The Morgan fingerprint density at radius 1 is 1.46 bits per heavy atom. The minimum Gasteiger partial charge on any atom is -0.339 e. The molecule has 142 valence electrons. The Kier molecular flexibility index (Phi) is 7.11. The molecular formula is C18H24ClFN4O2. The molecule has 0 radical (unpaired) electrons. The summed E-state index contributed by atoms with van der Waals surface area (Å²) in [4.78, 5) is 18.7. The zero-order valence-electron chi connectivity index (χ0n) is 15.0. The highest BCUT2D eigenvalue weighted by Gasteiger charge is 2.28. The van der Waals surface area contributed by atoms with Gasteiger partial charge >= 0.3 is 0 Å². The second kappa shape index (κ2) is 9.09. The standard InChI is InChI=1S/C18H23FN4O2.ClH/c1-12-10-13(5-6-15(12)19)18-21-16(25-22-18)7-8-17(24)23-9-3-4-14(23)11-20-2;/h5-6,10,14,20H,3-4,7-9,11H2,1-2H3;1H. The number of hydrogen-bond acceptors (Lipinski definition) is 5. The van der Waals surface area contributed by atoms with Crippen molar-refractivity contribution in [2.75, 3.05) is 20.1 Å². The molecule has 3 rings (SSSR count). The molecule has 1 aromatic heterocycles. The van der Waals surface area contributed by atoms with E-state index in [0.717, 1.165) is 25.9 Å². The van der Waals surface area contributed by atoms with E-state index < -0.39 is 0 Å². The molecule has 1 unspecified atom stereocenters. The lowest BCUT2D eigenvalue weighted by Gasteiger charge is -2.24. The smallest absolute Gasteiger partial charge is 0.227 e. The van der Waals surface area contributed by atoms with Crippen LogP contribution in [0.25, 0.3) is 11.4 Å². The zero-order valence-corrected chi connectivity index (χ0v) is 15.8. The molecule has 0 spiro atoms. The number of nitrogens with one attached hydrogen (secondary N) is 1. The Bertz CT molecular complexity index is 753. The van der Waals surface area contributed by atoms with Crippen LogP contribution in [0, 0.1) is 12.7 Å². The number of carbonyl (C=O) groups excluding carboxylic acids is 1. The summed E-state index contributed by atoms with van der Waals surface area (Å²) in [7, 11) is 1.90. The number of carbonyl (C=O) groups is 1. The van der Waals surface area contributed by atoms with E-state index in [1.165, 1.54) is 6.07 Å². The van der Waals surface area contributed by atoms with Crippen molar-refractivity contribution in [3.8, 4) is 11.4 Å². The maximum absolute atomic E-state index is 13.4. The largest absolute Gasteiger partial charge is 0.339 e. The molecule has 1 aliphatic rings. The van der Waals surface area contributed by atoms with E-state index in [1.54, 1.807) is 19.1 Å². The lowest BCUT2D eigenvalue weighted by Crippen LogP contribution is -2.40. The van der Waals surface area contributed by atoms with Crippen molar-refractivity contribution in [3.63, 3.8) is 0 Å². The van der Waals surface area contributed by atoms with Gasteiger partial charge in [0, 0.05) is 37.5 Å². The minimum absolute atomic E-state index is 0. The summed E-state index contributed by atoms with van der Waals surface area (Å²) in [5.74, 6) is 0.699. The Morgan fingerprint density at radius 3 is 3.00 bits per heavy atom. The van der Waals surface area contributed by atoms with Crippen LogP contribution in [0.2, 0.25) is 0 Å². The van der Waals surface area contributed by atoms with Crippen molar-refractivity contribution in [2.24, 2.45) is 0 Å². The molecular weight excluding hydrogens is 359 g/mol. The summed E-state index contributed by atoms with van der Waals surface area (Å²) < 4.78 is 18.6. The molecule has 6 nitrogen and oxygen atoms in total. The van der Waals surface area contributed by atoms with Crippen LogP contribution in [0.15, 0.2) is 22.7 Å². The molecule has 1 amide bonds. The van der Waals surface area contributed by atoms with Gasteiger partial charge in [-0.25, -0.2) is 4.39 Å². The van der Waals surface area contributed by atoms with Crippen LogP contribution in [0.3, 0.4) is 0 Å². The molecule has 0 saturated carbocycles. The summed E-state index contributed by atoms with van der Waals surface area (Å²) in [5, 5.41) is 7.07. The van der Waals surface area contributed by atoms with Gasteiger partial charge in [-0.1, -0.05) is 5.16 Å². The number of amides is 1. The van der Waals surface area contributed by atoms with Crippen LogP contribution in [-0.4, -0.2) is 47.1 Å². The number of benzene rings is 1. The van der Waals surface area contributed by atoms with Gasteiger partial charge in [-0.3, -0.25) is 4.79 Å². The fourth-order valence-electron chi connectivity index (χ4n) is 3.23. The maximum atomic E-state index is 13.4. The summed E-state index contributed by atoms with van der Waals surface area (Å²) >= 11 is 0. The van der Waals surface area contributed by atoms with E-state index in [2.05, 4.69) is 15.5 Å². The van der Waals surface area contributed by atoms with Crippen molar-refractivity contribution in [1.29, 1.82) is 0 Å². The van der Waals surface area contributed by atoms with Gasteiger partial charge < -0.3 is 14.7 Å². The molecule has 1 aromatic carbocycles. The highest BCUT2D eigenvalue weighted by molar-refractivity contribution is 5.85. The van der Waals surface area contributed by atoms with E-state index in [9.17, 15) is 9.18 Å². The first-order valence-corrected chi connectivity index (χ1v) is 8.61. The van der Waals surface area contributed by atoms with Crippen molar-refractivity contribution >= 4 is 18.3 Å². The van der Waals surface area contributed by atoms with E-state index >= 15 is 0 Å². The van der Waals surface area contributed by atoms with Crippen LogP contribution in [-0.2, 0) is 11.2 Å². The highest BCUT2D eigenvalue weighted by Crippen LogP contribution is 2.21. The molecule has 2 aromatic rings. The molecule has 1 atom stereocenters. The Morgan fingerprint density at radius 2 is 2.27 bits per heavy atom. The average molecular weight is 383 g/mol. The highest BCUT2D eigenvalue weighted by atomic mass is 35.5. The molecule has 2 heterocycles. The van der Waals surface area contributed by atoms with Gasteiger partial charge in [-0.15, -0.1) is 12.4 Å². The van der Waals surface area contributed by atoms with Crippen LogP contribution in [0.1, 0.15) is 30.7 Å². The molecule has 8 heteroatoms. The van der Waals surface area contributed by atoms with Crippen LogP contribution in [0.4, 0.5) is 4.39 Å². The number of likely N-dealkylation sites (N-methyl/N-ethyl adjacent to an activating group) is 1. The summed E-state index contributed by atoms with van der Waals surface area (Å²) in [6.45, 7) is 3.33. The molecule has 26 heavy (non-hydrogen) atoms. The minimum atomic E-state index is -0.264. The normalized spacial score (nSPS) is 16.6. The molecule has 1 aliphatic heterocycles. The predicted octanol–water partition coefficient (Wildman–Crippen LogP) is 2.75. The molecule has 0 bridgehead atoms. The van der Waals surface area contributed by atoms with Gasteiger partial charge in [0.1, 0.15) is 5.82 Å². The lowest BCUT2D eigenvalue weighted by atomic mass is 10.1. The second-order valence-corrected chi connectivity index (χ2v) is 6.42. The predicted molar refractivity (Wildman–Crippen MR) is 98.7 cm³/mol. The fraction of sp³-hybridized carbons (Fsp3) is 0.500. The lowest BCUT2D eigenvalue weighted by molar-refractivity contribution is -0.132. The third-order valence-electron chi connectivity index (χ3n) is 4.57. The SMILES string of the molecule is CNCC1CCCN1C(=O)CCc1nc(-c2ccc(F)c(C)c2)no1.Cl. The molecule has 1 fully saturated rings. The van der Waals surface area contributed by atoms with Crippen molar-refractivity contribution in [3.05, 3.63) is 35.5 Å². The maximum Gasteiger partial charge on any atom is 0.227 e. The number of rotatable bonds is 6. The second-order valence-electron chi connectivity index (χ2n) is 6.42. The number of nitrogens with zero attached hydrogens (tertiary/aromatic N) is 3. The quantitative estimate of drug-likeness (QED) is 0.831. The van der Waals surface area contributed by atoms with Crippen LogP contribution < -0.4 is 5.32 Å². The van der Waals surface area contributed by atoms with Crippen LogP contribution in [0.5, 0.6) is 0 Å². The Balaban J connectivity index is 0.00000243. The Labute approximate surface area is 158 Å². The fourth-order valence-corrected chi connectivity index (χ4v) is 3.23. The summed E-state index contributed by atoms with van der Waals surface area (Å²) in [5.41, 5.74) is 1.23. The monoisotopic (exact) mass is 382 g/mol. The van der Waals surface area contributed by atoms with Gasteiger partial charge in [0.25, 0.3) is 0 Å². The van der Waals surface area contributed by atoms with Gasteiger partial charge in [-0.05, 0) is 50.6 Å². The third kappa shape index (κ3) is 4.59. The zero-order chi connectivity index (χ0) is 17.8. The van der Waals surface area contributed by atoms with E-state index in [0.29, 0.717) is 35.7 Å². The third-order valence-corrected chi connectivity index (χ3v) is 4.57. The van der Waals surface area contributed by atoms with E-state index in [-0.39, 0.29) is 30.2 Å². The first kappa shape index (κ1) is 20.3. The summed E-state index contributed by atoms with van der Waals surface area (Å²) in [6, 6.07) is 4.97. The number of aromatic nitrogens is 2. The van der Waals surface area contributed by atoms with Crippen LogP contribution >= 0.6 is 12.4 Å². The number of likely N-dealkylation sites (tertiary alicyclic amines) is 1. The molecule has 1 saturated heterocycles. The van der Waals surface area contributed by atoms with Crippen molar-refractivity contribution in [1.82, 2.24) is 20.4 Å². The average Bonchev–Trinajstić information content (AvgIpc) is 3.25. The number of hydrogen-bond donors (Lipinski definition) is 1. The first-order chi connectivity index (χ1) is 12.1. The van der Waals surface area contributed by atoms with Gasteiger partial charge in [-0.2, -0.15) is 4.98 Å².